The summed E-state index contributed by atoms with van der Waals surface area (Å²) in [6, 6.07) is 2.03. The third-order valence-corrected chi connectivity index (χ3v) is 5.42. The zero-order valence-electron chi connectivity index (χ0n) is 12.1. The number of likely N-dealkylation sites (N-methyl/N-ethyl adjacent to an activating group) is 1. The summed E-state index contributed by atoms with van der Waals surface area (Å²) < 4.78 is 0. The number of amides is 1. The molecule has 7 heteroatoms. The number of hydrogen-bond acceptors (Lipinski definition) is 6. The zero-order valence-corrected chi connectivity index (χ0v) is 13.8. The SMILES string of the molecule is Cc1nc(-c2ccsc2)sc1C(=O)NN1CCN(C)CC1. The number of hydrazine groups is 1. The number of carbonyl (C=O) groups excluding carboxylic acids is 1. The highest BCUT2D eigenvalue weighted by atomic mass is 32.1. The lowest BCUT2D eigenvalue weighted by Crippen LogP contribution is -2.52. The maximum atomic E-state index is 12.4. The summed E-state index contributed by atoms with van der Waals surface area (Å²) in [5, 5.41) is 6.99. The summed E-state index contributed by atoms with van der Waals surface area (Å²) in [4.78, 5) is 19.9. The molecule has 1 saturated heterocycles. The molecule has 0 unspecified atom stereocenters. The molecule has 112 valence electrons. The normalized spacial score (nSPS) is 17.0. The van der Waals surface area contributed by atoms with Gasteiger partial charge in [0.1, 0.15) is 9.88 Å². The Bertz CT molecular complexity index is 615. The first-order valence-corrected chi connectivity index (χ1v) is 8.64. The predicted molar refractivity (Wildman–Crippen MR) is 86.7 cm³/mol. The number of piperazine rings is 1. The van der Waals surface area contributed by atoms with Gasteiger partial charge in [-0.3, -0.25) is 10.2 Å². The predicted octanol–water partition coefficient (Wildman–Crippen LogP) is 2.07. The Morgan fingerprint density at radius 1 is 1.33 bits per heavy atom. The van der Waals surface area contributed by atoms with Crippen LogP contribution in [0.5, 0.6) is 0 Å². The first kappa shape index (κ1) is 14.6. The van der Waals surface area contributed by atoms with Gasteiger partial charge in [-0.2, -0.15) is 11.3 Å². The smallest absolute Gasteiger partial charge is 0.277 e. The van der Waals surface area contributed by atoms with Gasteiger partial charge in [0.05, 0.1) is 5.69 Å². The van der Waals surface area contributed by atoms with E-state index in [1.54, 1.807) is 11.3 Å². The Hall–Kier alpha value is -1.28. The summed E-state index contributed by atoms with van der Waals surface area (Å²) >= 11 is 3.10. The van der Waals surface area contributed by atoms with Crippen LogP contribution in [0, 0.1) is 6.92 Å². The van der Waals surface area contributed by atoms with Crippen molar-refractivity contribution < 1.29 is 4.79 Å². The first-order chi connectivity index (χ1) is 10.1. The third-order valence-electron chi connectivity index (χ3n) is 3.53. The minimum Gasteiger partial charge on any atom is -0.304 e. The molecule has 1 aliphatic rings. The van der Waals surface area contributed by atoms with E-state index in [1.165, 1.54) is 11.3 Å². The van der Waals surface area contributed by atoms with Crippen molar-refractivity contribution >= 4 is 28.6 Å². The molecule has 0 radical (unpaired) electrons. The van der Waals surface area contributed by atoms with Crippen LogP contribution in [0.2, 0.25) is 0 Å². The van der Waals surface area contributed by atoms with Gasteiger partial charge in [-0.1, -0.05) is 0 Å². The van der Waals surface area contributed by atoms with Gasteiger partial charge in [-0.05, 0) is 25.4 Å². The van der Waals surface area contributed by atoms with Crippen LogP contribution in [0.25, 0.3) is 10.6 Å². The lowest BCUT2D eigenvalue weighted by molar-refractivity contribution is 0.0665. The number of aryl methyl sites for hydroxylation is 1. The van der Waals surface area contributed by atoms with E-state index in [1.807, 2.05) is 23.4 Å². The monoisotopic (exact) mass is 322 g/mol. The second kappa shape index (κ2) is 6.23. The fourth-order valence-electron chi connectivity index (χ4n) is 2.23. The third kappa shape index (κ3) is 3.32. The van der Waals surface area contributed by atoms with Crippen molar-refractivity contribution in [2.24, 2.45) is 0 Å². The van der Waals surface area contributed by atoms with Crippen molar-refractivity contribution in [3.05, 3.63) is 27.4 Å². The van der Waals surface area contributed by atoms with Gasteiger partial charge in [-0.25, -0.2) is 9.99 Å². The van der Waals surface area contributed by atoms with Crippen LogP contribution in [0.1, 0.15) is 15.4 Å². The quantitative estimate of drug-likeness (QED) is 0.940. The Kier molecular flexibility index (Phi) is 4.34. The molecule has 1 fully saturated rings. The van der Waals surface area contributed by atoms with Crippen molar-refractivity contribution in [2.45, 2.75) is 6.92 Å². The van der Waals surface area contributed by atoms with Crippen LogP contribution < -0.4 is 5.43 Å². The average Bonchev–Trinajstić information content (AvgIpc) is 3.10. The standard InChI is InChI=1S/C14H18N4OS2/c1-10-12(21-14(15-10)11-3-8-20-9-11)13(19)16-18-6-4-17(2)5-7-18/h3,8-9H,4-7H2,1-2H3,(H,16,19). The number of aromatic nitrogens is 1. The van der Waals surface area contributed by atoms with E-state index >= 15 is 0 Å². The van der Waals surface area contributed by atoms with E-state index in [9.17, 15) is 4.79 Å². The molecular formula is C14H18N4OS2. The molecule has 0 atom stereocenters. The molecule has 3 heterocycles. The molecule has 1 aliphatic heterocycles. The molecule has 1 amide bonds. The van der Waals surface area contributed by atoms with Crippen LogP contribution in [0.15, 0.2) is 16.8 Å². The van der Waals surface area contributed by atoms with E-state index in [0.29, 0.717) is 4.88 Å². The van der Waals surface area contributed by atoms with Crippen LogP contribution in [0.4, 0.5) is 0 Å². The Morgan fingerprint density at radius 3 is 2.76 bits per heavy atom. The number of rotatable bonds is 3. The summed E-state index contributed by atoms with van der Waals surface area (Å²) in [5.41, 5.74) is 4.88. The second-order valence-corrected chi connectivity index (χ2v) is 6.96. The van der Waals surface area contributed by atoms with Crippen LogP contribution in [0.3, 0.4) is 0 Å². The first-order valence-electron chi connectivity index (χ1n) is 6.88. The topological polar surface area (TPSA) is 48.5 Å². The molecular weight excluding hydrogens is 304 g/mol. The minimum absolute atomic E-state index is 0.0453. The lowest BCUT2D eigenvalue weighted by atomic mass is 10.3. The fourth-order valence-corrected chi connectivity index (χ4v) is 3.90. The van der Waals surface area contributed by atoms with Gasteiger partial charge in [0.15, 0.2) is 0 Å². The van der Waals surface area contributed by atoms with E-state index in [4.69, 9.17) is 0 Å². The molecule has 0 aromatic carbocycles. The van der Waals surface area contributed by atoms with Crippen LogP contribution >= 0.6 is 22.7 Å². The van der Waals surface area contributed by atoms with Gasteiger partial charge in [0, 0.05) is 37.1 Å². The van der Waals surface area contributed by atoms with E-state index in [-0.39, 0.29) is 5.91 Å². The van der Waals surface area contributed by atoms with Crippen LogP contribution in [-0.4, -0.2) is 54.0 Å². The maximum Gasteiger partial charge on any atom is 0.277 e. The van der Waals surface area contributed by atoms with Gasteiger partial charge in [-0.15, -0.1) is 11.3 Å². The molecule has 2 aromatic rings. The van der Waals surface area contributed by atoms with Crippen molar-refractivity contribution in [3.63, 3.8) is 0 Å². The molecule has 5 nitrogen and oxygen atoms in total. The highest BCUT2D eigenvalue weighted by Crippen LogP contribution is 2.29. The fraction of sp³-hybridized carbons (Fsp3) is 0.429. The molecule has 0 bridgehead atoms. The van der Waals surface area contributed by atoms with Crippen molar-refractivity contribution in [1.82, 2.24) is 20.3 Å². The number of nitrogens with one attached hydrogen (secondary N) is 1. The maximum absolute atomic E-state index is 12.4. The summed E-state index contributed by atoms with van der Waals surface area (Å²) in [6.07, 6.45) is 0. The lowest BCUT2D eigenvalue weighted by Gasteiger charge is -2.32. The van der Waals surface area contributed by atoms with Crippen molar-refractivity contribution in [3.8, 4) is 10.6 Å². The van der Waals surface area contributed by atoms with E-state index in [2.05, 4.69) is 27.7 Å². The van der Waals surface area contributed by atoms with Crippen molar-refractivity contribution in [2.75, 3.05) is 33.2 Å². The van der Waals surface area contributed by atoms with Gasteiger partial charge >= 0.3 is 0 Å². The number of hydrogen-bond donors (Lipinski definition) is 1. The van der Waals surface area contributed by atoms with E-state index in [0.717, 1.165) is 42.4 Å². The minimum atomic E-state index is -0.0453. The van der Waals surface area contributed by atoms with Gasteiger partial charge in [0.2, 0.25) is 0 Å². The number of carbonyl (C=O) groups is 1. The number of thiophene rings is 1. The number of nitrogens with zero attached hydrogens (tertiary/aromatic N) is 3. The molecule has 3 rings (SSSR count). The molecule has 0 spiro atoms. The molecule has 0 aliphatic carbocycles. The zero-order chi connectivity index (χ0) is 14.8. The molecule has 0 saturated carbocycles. The highest BCUT2D eigenvalue weighted by Gasteiger charge is 2.20. The van der Waals surface area contributed by atoms with Gasteiger partial charge < -0.3 is 4.90 Å². The molecule has 2 aromatic heterocycles. The largest absolute Gasteiger partial charge is 0.304 e. The Balaban J connectivity index is 1.70. The van der Waals surface area contributed by atoms with Gasteiger partial charge in [0.25, 0.3) is 5.91 Å². The summed E-state index contributed by atoms with van der Waals surface area (Å²) in [7, 11) is 2.10. The van der Waals surface area contributed by atoms with Crippen LogP contribution in [-0.2, 0) is 0 Å². The summed E-state index contributed by atoms with van der Waals surface area (Å²) in [5.74, 6) is -0.0453. The Morgan fingerprint density at radius 2 is 2.10 bits per heavy atom. The number of thiazole rings is 1. The Labute approximate surface area is 132 Å². The van der Waals surface area contributed by atoms with Crippen molar-refractivity contribution in [1.29, 1.82) is 0 Å². The molecule has 21 heavy (non-hydrogen) atoms. The average molecular weight is 322 g/mol. The summed E-state index contributed by atoms with van der Waals surface area (Å²) in [6.45, 7) is 5.56. The molecule has 1 N–H and O–H groups in total. The highest BCUT2D eigenvalue weighted by molar-refractivity contribution is 7.17. The second-order valence-electron chi connectivity index (χ2n) is 5.18. The van der Waals surface area contributed by atoms with E-state index < -0.39 is 0 Å².